The SMILES string of the molecule is CC(CC(O)c1ccc(F)cc1)NC(=O)CCc1ccccc1N. The Morgan fingerprint density at radius 1 is 1.21 bits per heavy atom. The van der Waals surface area contributed by atoms with Gasteiger partial charge < -0.3 is 16.2 Å². The maximum absolute atomic E-state index is 12.9. The number of halogens is 1. The van der Waals surface area contributed by atoms with Crippen LogP contribution >= 0.6 is 0 Å². The van der Waals surface area contributed by atoms with Crippen molar-refractivity contribution in [3.05, 3.63) is 65.5 Å². The second-order valence-corrected chi connectivity index (χ2v) is 5.97. The summed E-state index contributed by atoms with van der Waals surface area (Å²) >= 11 is 0. The monoisotopic (exact) mass is 330 g/mol. The molecule has 4 nitrogen and oxygen atoms in total. The second-order valence-electron chi connectivity index (χ2n) is 5.97. The Bertz CT molecular complexity index is 673. The van der Waals surface area contributed by atoms with Crippen molar-refractivity contribution >= 4 is 11.6 Å². The van der Waals surface area contributed by atoms with Crippen molar-refractivity contribution in [3.63, 3.8) is 0 Å². The zero-order chi connectivity index (χ0) is 17.5. The van der Waals surface area contributed by atoms with E-state index in [-0.39, 0.29) is 17.8 Å². The molecule has 2 aromatic rings. The van der Waals surface area contributed by atoms with Crippen LogP contribution < -0.4 is 11.1 Å². The molecule has 0 aliphatic carbocycles. The molecule has 24 heavy (non-hydrogen) atoms. The number of anilines is 1. The van der Waals surface area contributed by atoms with Crippen molar-refractivity contribution in [2.75, 3.05) is 5.73 Å². The van der Waals surface area contributed by atoms with Crippen molar-refractivity contribution in [2.24, 2.45) is 0 Å². The summed E-state index contributed by atoms with van der Waals surface area (Å²) in [5.74, 6) is -0.426. The fourth-order valence-corrected chi connectivity index (χ4v) is 2.57. The van der Waals surface area contributed by atoms with Crippen molar-refractivity contribution in [1.29, 1.82) is 0 Å². The van der Waals surface area contributed by atoms with Crippen molar-refractivity contribution in [2.45, 2.75) is 38.3 Å². The van der Waals surface area contributed by atoms with Gasteiger partial charge in [0.05, 0.1) is 6.10 Å². The number of benzene rings is 2. The largest absolute Gasteiger partial charge is 0.399 e. The second kappa shape index (κ2) is 8.45. The highest BCUT2D eigenvalue weighted by Crippen LogP contribution is 2.19. The van der Waals surface area contributed by atoms with Crippen molar-refractivity contribution in [1.82, 2.24) is 5.32 Å². The van der Waals surface area contributed by atoms with Gasteiger partial charge >= 0.3 is 0 Å². The standard InChI is InChI=1S/C19H23FN2O2/c1-13(12-18(23)15-6-9-16(20)10-7-15)22-19(24)11-8-14-4-2-3-5-17(14)21/h2-7,9-10,13,18,23H,8,11-12,21H2,1H3,(H,22,24). The normalized spacial score (nSPS) is 13.3. The zero-order valence-electron chi connectivity index (χ0n) is 13.7. The molecule has 0 radical (unpaired) electrons. The molecule has 0 heterocycles. The number of rotatable bonds is 7. The lowest BCUT2D eigenvalue weighted by atomic mass is 10.0. The Morgan fingerprint density at radius 2 is 1.88 bits per heavy atom. The fraction of sp³-hybridized carbons (Fsp3) is 0.316. The van der Waals surface area contributed by atoms with E-state index in [1.165, 1.54) is 12.1 Å². The molecular formula is C19H23FN2O2. The summed E-state index contributed by atoms with van der Waals surface area (Å²) in [6, 6.07) is 13.0. The number of hydrogen-bond donors (Lipinski definition) is 3. The number of carbonyl (C=O) groups is 1. The lowest BCUT2D eigenvalue weighted by molar-refractivity contribution is -0.121. The fourth-order valence-electron chi connectivity index (χ4n) is 2.57. The lowest BCUT2D eigenvalue weighted by Crippen LogP contribution is -2.33. The molecule has 1 amide bonds. The molecule has 4 N–H and O–H groups in total. The molecular weight excluding hydrogens is 307 g/mol. The minimum atomic E-state index is -0.745. The average Bonchev–Trinajstić information content (AvgIpc) is 2.54. The molecule has 2 rings (SSSR count). The van der Waals surface area contributed by atoms with Crippen LogP contribution in [0.1, 0.15) is 37.0 Å². The number of aryl methyl sites for hydroxylation is 1. The van der Waals surface area contributed by atoms with Gasteiger partial charge in [0.1, 0.15) is 5.82 Å². The summed E-state index contributed by atoms with van der Waals surface area (Å²) in [6.07, 6.45) is 0.535. The van der Waals surface area contributed by atoms with E-state index >= 15 is 0 Å². The number of nitrogens with two attached hydrogens (primary N) is 1. The van der Waals surface area contributed by atoms with Crippen LogP contribution in [0.2, 0.25) is 0 Å². The van der Waals surface area contributed by atoms with Gasteiger partial charge in [-0.05, 0) is 49.1 Å². The van der Waals surface area contributed by atoms with Gasteiger partial charge in [-0.2, -0.15) is 0 Å². The molecule has 0 aromatic heterocycles. The Balaban J connectivity index is 1.79. The number of carbonyl (C=O) groups excluding carboxylic acids is 1. The van der Waals surface area contributed by atoms with Gasteiger partial charge in [-0.1, -0.05) is 30.3 Å². The quantitative estimate of drug-likeness (QED) is 0.683. The number of nitrogens with one attached hydrogen (secondary N) is 1. The molecule has 2 unspecified atom stereocenters. The Kier molecular flexibility index (Phi) is 6.32. The third-order valence-electron chi connectivity index (χ3n) is 3.92. The summed E-state index contributed by atoms with van der Waals surface area (Å²) in [4.78, 5) is 12.0. The van der Waals surface area contributed by atoms with E-state index in [0.717, 1.165) is 5.56 Å². The van der Waals surface area contributed by atoms with Crippen LogP contribution in [-0.4, -0.2) is 17.1 Å². The van der Waals surface area contributed by atoms with Crippen LogP contribution in [0, 0.1) is 5.82 Å². The summed E-state index contributed by atoms with van der Waals surface area (Å²) in [5, 5.41) is 13.0. The molecule has 0 saturated carbocycles. The predicted molar refractivity (Wildman–Crippen MR) is 92.8 cm³/mol. The molecule has 128 valence electrons. The van der Waals surface area contributed by atoms with E-state index in [4.69, 9.17) is 5.73 Å². The van der Waals surface area contributed by atoms with Gasteiger partial charge in [-0.25, -0.2) is 4.39 Å². The molecule has 0 spiro atoms. The Morgan fingerprint density at radius 3 is 2.54 bits per heavy atom. The molecule has 5 heteroatoms. The van der Waals surface area contributed by atoms with E-state index in [1.54, 1.807) is 12.1 Å². The van der Waals surface area contributed by atoms with Crippen LogP contribution in [0.3, 0.4) is 0 Å². The number of nitrogen functional groups attached to an aromatic ring is 1. The van der Waals surface area contributed by atoms with Crippen molar-refractivity contribution < 1.29 is 14.3 Å². The third-order valence-corrected chi connectivity index (χ3v) is 3.92. The molecule has 0 fully saturated rings. The topological polar surface area (TPSA) is 75.3 Å². The third kappa shape index (κ3) is 5.35. The predicted octanol–water partition coefficient (Wildman–Crippen LogP) is 2.97. The molecule has 2 atom stereocenters. The number of para-hydroxylation sites is 1. The lowest BCUT2D eigenvalue weighted by Gasteiger charge is -2.18. The summed E-state index contributed by atoms with van der Waals surface area (Å²) in [5.41, 5.74) is 8.13. The van der Waals surface area contributed by atoms with Gasteiger partial charge in [0.25, 0.3) is 0 Å². The number of aliphatic hydroxyl groups excluding tert-OH is 1. The van der Waals surface area contributed by atoms with E-state index in [1.807, 2.05) is 31.2 Å². The molecule has 0 saturated heterocycles. The summed E-state index contributed by atoms with van der Waals surface area (Å²) < 4.78 is 12.9. The first-order valence-electron chi connectivity index (χ1n) is 8.02. The number of hydrogen-bond acceptors (Lipinski definition) is 3. The van der Waals surface area contributed by atoms with Crippen molar-refractivity contribution in [3.8, 4) is 0 Å². The van der Waals surface area contributed by atoms with Crippen LogP contribution in [0.15, 0.2) is 48.5 Å². The molecule has 0 aliphatic heterocycles. The van der Waals surface area contributed by atoms with Crippen LogP contribution in [0.5, 0.6) is 0 Å². The van der Waals surface area contributed by atoms with E-state index < -0.39 is 6.10 Å². The molecule has 0 bridgehead atoms. The van der Waals surface area contributed by atoms with Gasteiger partial charge in [-0.15, -0.1) is 0 Å². The Labute approximate surface area is 141 Å². The molecule has 2 aromatic carbocycles. The maximum Gasteiger partial charge on any atom is 0.220 e. The first-order chi connectivity index (χ1) is 11.5. The number of amides is 1. The van der Waals surface area contributed by atoms with E-state index in [2.05, 4.69) is 5.32 Å². The van der Waals surface area contributed by atoms with E-state index in [9.17, 15) is 14.3 Å². The van der Waals surface area contributed by atoms with Gasteiger partial charge in [0, 0.05) is 18.2 Å². The molecule has 0 aliphatic rings. The highest BCUT2D eigenvalue weighted by atomic mass is 19.1. The average molecular weight is 330 g/mol. The van der Waals surface area contributed by atoms with Gasteiger partial charge in [0.15, 0.2) is 0 Å². The van der Waals surface area contributed by atoms with Gasteiger partial charge in [0.2, 0.25) is 5.91 Å². The van der Waals surface area contributed by atoms with Crippen LogP contribution in [0.25, 0.3) is 0 Å². The highest BCUT2D eigenvalue weighted by molar-refractivity contribution is 5.76. The first-order valence-corrected chi connectivity index (χ1v) is 8.02. The maximum atomic E-state index is 12.9. The smallest absolute Gasteiger partial charge is 0.220 e. The minimum absolute atomic E-state index is 0.0861. The van der Waals surface area contributed by atoms with Gasteiger partial charge in [-0.3, -0.25) is 4.79 Å². The van der Waals surface area contributed by atoms with E-state index in [0.29, 0.717) is 30.5 Å². The summed E-state index contributed by atoms with van der Waals surface area (Å²) in [7, 11) is 0. The minimum Gasteiger partial charge on any atom is -0.399 e. The summed E-state index contributed by atoms with van der Waals surface area (Å²) in [6.45, 7) is 1.83. The number of aliphatic hydroxyl groups is 1. The van der Waals surface area contributed by atoms with Crippen LogP contribution in [0.4, 0.5) is 10.1 Å². The zero-order valence-corrected chi connectivity index (χ0v) is 13.7. The Hall–Kier alpha value is -2.40. The highest BCUT2D eigenvalue weighted by Gasteiger charge is 2.14. The first kappa shape index (κ1) is 17.9. The van der Waals surface area contributed by atoms with Crippen LogP contribution in [-0.2, 0) is 11.2 Å².